The van der Waals surface area contributed by atoms with Gasteiger partial charge in [0.1, 0.15) is 6.26 Å². The number of piperazine rings is 1. The maximum Gasteiger partial charge on any atom is 0.224 e. The van der Waals surface area contributed by atoms with Gasteiger partial charge < -0.3 is 20.1 Å². The molecule has 0 spiro atoms. The minimum atomic E-state index is 0. The van der Waals surface area contributed by atoms with Gasteiger partial charge in [0.15, 0.2) is 5.96 Å². The fourth-order valence-electron chi connectivity index (χ4n) is 3.59. The predicted octanol–water partition coefficient (Wildman–Crippen LogP) is 3.56. The molecule has 0 saturated carbocycles. The Bertz CT molecular complexity index is 848. The summed E-state index contributed by atoms with van der Waals surface area (Å²) in [6.07, 6.45) is 2.14. The van der Waals surface area contributed by atoms with Crippen molar-refractivity contribution in [3.8, 4) is 0 Å². The third-order valence-corrected chi connectivity index (χ3v) is 5.10. The van der Waals surface area contributed by atoms with Crippen LogP contribution in [0.15, 0.2) is 46.1 Å². The number of nitrogens with one attached hydrogen (secondary N) is 2. The summed E-state index contributed by atoms with van der Waals surface area (Å²) in [7, 11) is 0. The van der Waals surface area contributed by atoms with E-state index in [4.69, 9.17) is 9.52 Å². The van der Waals surface area contributed by atoms with Gasteiger partial charge in [-0.1, -0.05) is 31.1 Å². The molecule has 0 atom stereocenters. The fraction of sp³-hybridized carbons (Fsp3) is 0.522. The van der Waals surface area contributed by atoms with Crippen LogP contribution in [-0.4, -0.2) is 59.5 Å². The highest BCUT2D eigenvalue weighted by atomic mass is 127. The van der Waals surface area contributed by atoms with E-state index in [0.717, 1.165) is 62.2 Å². The number of aromatic nitrogens is 1. The average Bonchev–Trinajstić information content (AvgIpc) is 3.24. The fourth-order valence-corrected chi connectivity index (χ4v) is 3.59. The summed E-state index contributed by atoms with van der Waals surface area (Å²) in [5.41, 5.74) is 2.86. The number of carbonyl (C=O) groups is 1. The van der Waals surface area contributed by atoms with Crippen LogP contribution in [0.3, 0.4) is 0 Å². The summed E-state index contributed by atoms with van der Waals surface area (Å²) in [4.78, 5) is 21.6. The molecule has 3 rings (SSSR count). The van der Waals surface area contributed by atoms with Crippen molar-refractivity contribution >= 4 is 41.5 Å². The van der Waals surface area contributed by atoms with Gasteiger partial charge in [-0.2, -0.15) is 0 Å². The van der Waals surface area contributed by atoms with Gasteiger partial charge in [-0.25, -0.2) is 4.99 Å². The van der Waals surface area contributed by atoms with Crippen LogP contribution in [0.1, 0.15) is 38.4 Å². The zero-order valence-corrected chi connectivity index (χ0v) is 21.5. The maximum absolute atomic E-state index is 12.1. The molecule has 1 aliphatic rings. The Morgan fingerprint density at radius 3 is 2.66 bits per heavy atom. The van der Waals surface area contributed by atoms with E-state index in [1.54, 1.807) is 6.26 Å². The Morgan fingerprint density at radius 1 is 1.22 bits per heavy atom. The summed E-state index contributed by atoms with van der Waals surface area (Å²) in [6.45, 7) is 12.1. The minimum Gasteiger partial charge on any atom is -0.364 e. The Hall–Kier alpha value is -2.14. The van der Waals surface area contributed by atoms with Crippen molar-refractivity contribution in [2.24, 2.45) is 10.9 Å². The van der Waals surface area contributed by atoms with Gasteiger partial charge in [0.25, 0.3) is 0 Å². The lowest BCUT2D eigenvalue weighted by Crippen LogP contribution is -2.52. The lowest BCUT2D eigenvalue weighted by molar-refractivity contribution is -0.116. The second-order valence-corrected chi connectivity index (χ2v) is 8.27. The summed E-state index contributed by atoms with van der Waals surface area (Å²) < 4.78 is 4.93. The van der Waals surface area contributed by atoms with Gasteiger partial charge >= 0.3 is 0 Å². The van der Waals surface area contributed by atoms with Crippen molar-refractivity contribution in [1.29, 1.82) is 0 Å². The third kappa shape index (κ3) is 8.42. The molecule has 2 aromatic rings. The van der Waals surface area contributed by atoms with Crippen LogP contribution in [0, 0.1) is 5.92 Å². The zero-order chi connectivity index (χ0) is 22.1. The molecule has 8 nitrogen and oxygen atoms in total. The largest absolute Gasteiger partial charge is 0.364 e. The lowest BCUT2D eigenvalue weighted by Gasteiger charge is -2.36. The van der Waals surface area contributed by atoms with Crippen LogP contribution >= 0.6 is 24.0 Å². The molecule has 1 fully saturated rings. The Labute approximate surface area is 207 Å². The second-order valence-electron chi connectivity index (χ2n) is 8.27. The predicted molar refractivity (Wildman–Crippen MR) is 138 cm³/mol. The number of rotatable bonds is 8. The molecule has 0 bridgehead atoms. The van der Waals surface area contributed by atoms with Gasteiger partial charge in [-0.15, -0.1) is 24.0 Å². The molecule has 2 heterocycles. The number of benzene rings is 1. The highest BCUT2D eigenvalue weighted by molar-refractivity contribution is 14.0. The highest BCUT2D eigenvalue weighted by Crippen LogP contribution is 2.14. The van der Waals surface area contributed by atoms with E-state index in [1.807, 2.05) is 44.2 Å². The number of amides is 1. The van der Waals surface area contributed by atoms with Crippen molar-refractivity contribution < 1.29 is 9.32 Å². The SMILES string of the molecule is CCNC(=NCc1cccc(NC(=O)CC(C)C)c1)N1CCN(Cc2ccon2)CC1.I. The van der Waals surface area contributed by atoms with Gasteiger partial charge in [-0.3, -0.25) is 9.69 Å². The minimum absolute atomic E-state index is 0. The third-order valence-electron chi connectivity index (χ3n) is 5.10. The number of anilines is 1. The summed E-state index contributed by atoms with van der Waals surface area (Å²) in [6, 6.07) is 9.84. The molecule has 0 aliphatic carbocycles. The van der Waals surface area contributed by atoms with E-state index in [0.29, 0.717) is 18.9 Å². The van der Waals surface area contributed by atoms with Crippen molar-refractivity contribution in [3.63, 3.8) is 0 Å². The van der Waals surface area contributed by atoms with E-state index >= 15 is 0 Å². The lowest BCUT2D eigenvalue weighted by atomic mass is 10.1. The van der Waals surface area contributed by atoms with E-state index in [-0.39, 0.29) is 29.9 Å². The number of halogens is 1. The first-order valence-corrected chi connectivity index (χ1v) is 11.1. The van der Waals surface area contributed by atoms with Crippen LogP contribution in [0.2, 0.25) is 0 Å². The highest BCUT2D eigenvalue weighted by Gasteiger charge is 2.20. The molecule has 1 aliphatic heterocycles. The quantitative estimate of drug-likeness (QED) is 0.295. The maximum atomic E-state index is 12.1. The molecule has 1 saturated heterocycles. The van der Waals surface area contributed by atoms with E-state index in [1.165, 1.54) is 0 Å². The van der Waals surface area contributed by atoms with Gasteiger partial charge in [0.2, 0.25) is 5.91 Å². The van der Waals surface area contributed by atoms with Crippen molar-refractivity contribution in [3.05, 3.63) is 47.9 Å². The Kier molecular flexibility index (Phi) is 10.9. The summed E-state index contributed by atoms with van der Waals surface area (Å²) in [5.74, 6) is 1.32. The topological polar surface area (TPSA) is 86.0 Å². The molecule has 1 aromatic heterocycles. The number of aliphatic imine (C=N–C) groups is 1. The molecule has 176 valence electrons. The van der Waals surface area contributed by atoms with Crippen molar-refractivity contribution in [2.45, 2.75) is 40.3 Å². The number of hydrogen-bond acceptors (Lipinski definition) is 5. The first-order chi connectivity index (χ1) is 15.0. The number of carbonyl (C=O) groups excluding carboxylic acids is 1. The monoisotopic (exact) mass is 554 g/mol. The van der Waals surface area contributed by atoms with E-state index in [9.17, 15) is 4.79 Å². The summed E-state index contributed by atoms with van der Waals surface area (Å²) >= 11 is 0. The Morgan fingerprint density at radius 2 is 2.00 bits per heavy atom. The molecule has 1 aromatic carbocycles. The standard InChI is InChI=1S/C23H34N6O2.HI/c1-4-24-23(29-11-9-28(10-12-29)17-21-8-13-31-27-21)25-16-19-6-5-7-20(15-19)26-22(30)14-18(2)3;/h5-8,13,15,18H,4,9-12,14,16-17H2,1-3H3,(H,24,25)(H,26,30);1H. The molecule has 1 amide bonds. The van der Waals surface area contributed by atoms with Gasteiger partial charge in [0.05, 0.1) is 12.2 Å². The first-order valence-electron chi connectivity index (χ1n) is 11.1. The van der Waals surface area contributed by atoms with Crippen LogP contribution in [0.25, 0.3) is 0 Å². The van der Waals surface area contributed by atoms with E-state index < -0.39 is 0 Å². The van der Waals surface area contributed by atoms with Crippen molar-refractivity contribution in [1.82, 2.24) is 20.3 Å². The van der Waals surface area contributed by atoms with E-state index in [2.05, 4.69) is 32.5 Å². The van der Waals surface area contributed by atoms with Crippen LogP contribution in [-0.2, 0) is 17.9 Å². The van der Waals surface area contributed by atoms with Crippen molar-refractivity contribution in [2.75, 3.05) is 38.0 Å². The van der Waals surface area contributed by atoms with Gasteiger partial charge in [-0.05, 0) is 30.5 Å². The molecule has 0 unspecified atom stereocenters. The molecule has 2 N–H and O–H groups in total. The van der Waals surface area contributed by atoms with Crippen LogP contribution in [0.4, 0.5) is 5.69 Å². The first kappa shape index (κ1) is 26.1. The van der Waals surface area contributed by atoms with Crippen LogP contribution < -0.4 is 10.6 Å². The molecular weight excluding hydrogens is 519 g/mol. The van der Waals surface area contributed by atoms with Crippen LogP contribution in [0.5, 0.6) is 0 Å². The second kappa shape index (κ2) is 13.4. The average molecular weight is 554 g/mol. The number of guanidine groups is 1. The summed E-state index contributed by atoms with van der Waals surface area (Å²) in [5, 5.41) is 10.4. The molecule has 9 heteroatoms. The Balaban J connectivity index is 0.00000363. The zero-order valence-electron chi connectivity index (χ0n) is 19.2. The molecular formula is C23H35IN6O2. The molecule has 0 radical (unpaired) electrons. The molecule has 32 heavy (non-hydrogen) atoms. The number of nitrogens with zero attached hydrogens (tertiary/aromatic N) is 4. The van der Waals surface area contributed by atoms with Gasteiger partial charge in [0, 0.05) is 57.4 Å². The smallest absolute Gasteiger partial charge is 0.224 e. The number of hydrogen-bond donors (Lipinski definition) is 2. The normalized spacial score (nSPS) is 14.9.